The topological polar surface area (TPSA) is 0 Å². The van der Waals surface area contributed by atoms with Crippen LogP contribution in [0.15, 0.2) is 12.2 Å². The maximum Gasteiger partial charge on any atom is -0.0180 e. The highest BCUT2D eigenvalue weighted by Gasteiger charge is 2.30. The molecule has 0 aromatic carbocycles. The van der Waals surface area contributed by atoms with Crippen LogP contribution in [0, 0.1) is 17.3 Å². The van der Waals surface area contributed by atoms with E-state index in [1.165, 1.54) is 19.3 Å². The third kappa shape index (κ3) is 3.48. The van der Waals surface area contributed by atoms with E-state index >= 15 is 0 Å². The van der Waals surface area contributed by atoms with Crippen LogP contribution in [0.1, 0.15) is 60.8 Å². The van der Waals surface area contributed by atoms with Gasteiger partial charge in [0.15, 0.2) is 0 Å². The van der Waals surface area contributed by atoms with Gasteiger partial charge in [-0.05, 0) is 36.5 Å². The van der Waals surface area contributed by atoms with Crippen LogP contribution < -0.4 is 0 Å². The summed E-state index contributed by atoms with van der Waals surface area (Å²) >= 11 is 0. The van der Waals surface area contributed by atoms with Crippen molar-refractivity contribution in [2.75, 3.05) is 0 Å². The predicted octanol–water partition coefficient (Wildman–Crippen LogP) is 5.05. The van der Waals surface area contributed by atoms with Crippen molar-refractivity contribution < 1.29 is 0 Å². The maximum atomic E-state index is 2.43. The van der Waals surface area contributed by atoms with Crippen LogP contribution in [0.5, 0.6) is 0 Å². The second kappa shape index (κ2) is 6.27. The van der Waals surface area contributed by atoms with Crippen molar-refractivity contribution in [2.45, 2.75) is 60.8 Å². The van der Waals surface area contributed by atoms with Crippen molar-refractivity contribution >= 4 is 0 Å². The average molecular weight is 196 g/mol. The molecular weight excluding hydrogens is 168 g/mol. The molecule has 0 fully saturated rings. The van der Waals surface area contributed by atoms with Gasteiger partial charge < -0.3 is 0 Å². The molecule has 0 amide bonds. The van der Waals surface area contributed by atoms with Crippen LogP contribution in [-0.4, -0.2) is 0 Å². The van der Waals surface area contributed by atoms with Crippen LogP contribution in [0.3, 0.4) is 0 Å². The predicted molar refractivity (Wildman–Crippen MR) is 66.4 cm³/mol. The van der Waals surface area contributed by atoms with E-state index in [2.05, 4.69) is 39.8 Å². The second-order valence-electron chi connectivity index (χ2n) is 4.94. The molecule has 0 radical (unpaired) electrons. The summed E-state index contributed by atoms with van der Waals surface area (Å²) in [5.41, 5.74) is 0.483. The van der Waals surface area contributed by atoms with E-state index < -0.39 is 0 Å². The van der Waals surface area contributed by atoms with Gasteiger partial charge in [-0.1, -0.05) is 53.7 Å². The van der Waals surface area contributed by atoms with Crippen molar-refractivity contribution in [1.29, 1.82) is 0 Å². The minimum absolute atomic E-state index is 0.483. The highest BCUT2D eigenvalue weighted by molar-refractivity contribution is 4.99. The first-order chi connectivity index (χ1) is 6.55. The molecule has 1 atom stereocenters. The van der Waals surface area contributed by atoms with Crippen molar-refractivity contribution in [2.24, 2.45) is 17.3 Å². The van der Waals surface area contributed by atoms with Crippen LogP contribution in [-0.2, 0) is 0 Å². The molecule has 0 heterocycles. The van der Waals surface area contributed by atoms with Crippen molar-refractivity contribution in [3.63, 3.8) is 0 Å². The van der Waals surface area contributed by atoms with Crippen LogP contribution in [0.2, 0.25) is 0 Å². The fourth-order valence-corrected chi connectivity index (χ4v) is 1.86. The normalized spacial score (nSPS) is 21.8. The van der Waals surface area contributed by atoms with E-state index in [1.807, 2.05) is 13.8 Å². The first-order valence-corrected chi connectivity index (χ1v) is 6.22. The van der Waals surface area contributed by atoms with Gasteiger partial charge in [0.25, 0.3) is 0 Å². The Kier molecular flexibility index (Phi) is 6.15. The lowest BCUT2D eigenvalue weighted by Gasteiger charge is -2.37. The highest BCUT2D eigenvalue weighted by Crippen LogP contribution is 2.40. The van der Waals surface area contributed by atoms with E-state index in [-0.39, 0.29) is 0 Å². The third-order valence-electron chi connectivity index (χ3n) is 3.70. The molecule has 0 N–H and O–H groups in total. The molecule has 1 unspecified atom stereocenters. The van der Waals surface area contributed by atoms with Gasteiger partial charge in [0.05, 0.1) is 0 Å². The summed E-state index contributed by atoms with van der Waals surface area (Å²) in [6.07, 6.45) is 8.87. The van der Waals surface area contributed by atoms with E-state index in [9.17, 15) is 0 Å². The number of rotatable bonds is 2. The molecule has 1 aliphatic carbocycles. The number of allylic oxidation sites excluding steroid dienone is 2. The Morgan fingerprint density at radius 2 is 1.79 bits per heavy atom. The SMILES string of the molecule is CC.CC(C)C(C)(C)C1C=CCCC1. The average Bonchev–Trinajstić information content (AvgIpc) is 2.22. The van der Waals surface area contributed by atoms with Crippen LogP contribution in [0.4, 0.5) is 0 Å². The van der Waals surface area contributed by atoms with Crippen molar-refractivity contribution in [1.82, 2.24) is 0 Å². The van der Waals surface area contributed by atoms with E-state index in [0.717, 1.165) is 11.8 Å². The Morgan fingerprint density at radius 1 is 1.21 bits per heavy atom. The van der Waals surface area contributed by atoms with E-state index in [0.29, 0.717) is 5.41 Å². The third-order valence-corrected chi connectivity index (χ3v) is 3.70. The summed E-state index contributed by atoms with van der Waals surface area (Å²) in [6.45, 7) is 13.5. The van der Waals surface area contributed by atoms with Gasteiger partial charge in [-0.2, -0.15) is 0 Å². The molecule has 0 nitrogen and oxygen atoms in total. The van der Waals surface area contributed by atoms with Gasteiger partial charge in [0, 0.05) is 0 Å². The first kappa shape index (κ1) is 13.7. The van der Waals surface area contributed by atoms with Crippen LogP contribution in [0.25, 0.3) is 0 Å². The smallest absolute Gasteiger partial charge is 0.0180 e. The minimum atomic E-state index is 0.483. The van der Waals surface area contributed by atoms with E-state index in [4.69, 9.17) is 0 Å². The molecule has 0 saturated heterocycles. The highest BCUT2D eigenvalue weighted by atomic mass is 14.4. The van der Waals surface area contributed by atoms with Gasteiger partial charge in [0.1, 0.15) is 0 Å². The Labute approximate surface area is 90.8 Å². The lowest BCUT2D eigenvalue weighted by Crippen LogP contribution is -2.29. The number of hydrogen-bond acceptors (Lipinski definition) is 0. The zero-order valence-corrected chi connectivity index (χ0v) is 10.9. The Balaban J connectivity index is 0.000000791. The summed E-state index contributed by atoms with van der Waals surface area (Å²) < 4.78 is 0. The lowest BCUT2D eigenvalue weighted by atomic mass is 9.68. The summed E-state index contributed by atoms with van der Waals surface area (Å²) in [5.74, 6) is 1.59. The van der Waals surface area contributed by atoms with Gasteiger partial charge in [-0.3, -0.25) is 0 Å². The fourth-order valence-electron chi connectivity index (χ4n) is 1.86. The van der Waals surface area contributed by atoms with Gasteiger partial charge in [-0.15, -0.1) is 0 Å². The van der Waals surface area contributed by atoms with Gasteiger partial charge >= 0.3 is 0 Å². The monoisotopic (exact) mass is 196 g/mol. The maximum absolute atomic E-state index is 2.43. The van der Waals surface area contributed by atoms with Gasteiger partial charge in [-0.25, -0.2) is 0 Å². The molecule has 14 heavy (non-hydrogen) atoms. The molecule has 0 aliphatic heterocycles. The molecule has 1 aliphatic rings. The van der Waals surface area contributed by atoms with Crippen molar-refractivity contribution in [3.05, 3.63) is 12.2 Å². The Hall–Kier alpha value is -0.260. The van der Waals surface area contributed by atoms with E-state index in [1.54, 1.807) is 0 Å². The largest absolute Gasteiger partial charge is 0.0882 e. The second-order valence-corrected chi connectivity index (χ2v) is 4.94. The van der Waals surface area contributed by atoms with Crippen molar-refractivity contribution in [3.8, 4) is 0 Å². The molecular formula is C14H28. The molecule has 0 saturated carbocycles. The fraction of sp³-hybridized carbons (Fsp3) is 0.857. The summed E-state index contributed by atoms with van der Waals surface area (Å²) in [6, 6.07) is 0. The Morgan fingerprint density at radius 3 is 2.14 bits per heavy atom. The summed E-state index contributed by atoms with van der Waals surface area (Å²) in [5, 5.41) is 0. The molecule has 0 spiro atoms. The van der Waals surface area contributed by atoms with Gasteiger partial charge in [0.2, 0.25) is 0 Å². The molecule has 0 heteroatoms. The molecule has 0 bridgehead atoms. The summed E-state index contributed by atoms with van der Waals surface area (Å²) in [7, 11) is 0. The van der Waals surface area contributed by atoms with Crippen LogP contribution >= 0.6 is 0 Å². The lowest BCUT2D eigenvalue weighted by molar-refractivity contribution is 0.159. The molecule has 0 aromatic heterocycles. The molecule has 84 valence electrons. The number of hydrogen-bond donors (Lipinski definition) is 0. The molecule has 1 rings (SSSR count). The summed E-state index contributed by atoms with van der Waals surface area (Å²) in [4.78, 5) is 0. The zero-order chi connectivity index (χ0) is 11.2. The first-order valence-electron chi connectivity index (χ1n) is 6.22. The zero-order valence-electron chi connectivity index (χ0n) is 10.9. The standard InChI is InChI=1S/C12H22.C2H6/c1-10(2)12(3,4)11-8-6-5-7-9-11;1-2/h6,8,10-11H,5,7,9H2,1-4H3;1-2H3. The minimum Gasteiger partial charge on any atom is -0.0882 e. The quantitative estimate of drug-likeness (QED) is 0.542. The molecule has 0 aromatic rings. The Bertz CT molecular complexity index is 163.